The fraction of sp³-hybridized carbons (Fsp3) is 0.500. The first-order valence-corrected chi connectivity index (χ1v) is 11.4. The normalized spacial score (nSPS) is 25.0. The van der Waals surface area contributed by atoms with E-state index >= 15 is 0 Å². The van der Waals surface area contributed by atoms with Crippen LogP contribution in [0.1, 0.15) is 37.8 Å². The maximum absolute atomic E-state index is 13.2. The molecular weight excluding hydrogens is 372 g/mol. The molecule has 1 unspecified atom stereocenters. The summed E-state index contributed by atoms with van der Waals surface area (Å²) in [4.78, 5) is 15.7. The Kier molecular flexibility index (Phi) is 6.26. The third-order valence-corrected chi connectivity index (χ3v) is 7.33. The van der Waals surface area contributed by atoms with Gasteiger partial charge in [-0.3, -0.25) is 9.69 Å². The topological polar surface area (TPSA) is 52.6 Å². The van der Waals surface area contributed by atoms with Crippen molar-refractivity contribution in [1.82, 2.24) is 10.2 Å². The molecule has 30 heavy (non-hydrogen) atoms. The number of piperidine rings is 1. The molecule has 1 aliphatic carbocycles. The average Bonchev–Trinajstić information content (AvgIpc) is 3.24. The molecule has 1 saturated carbocycles. The quantitative estimate of drug-likeness (QED) is 0.666. The first kappa shape index (κ1) is 21.1. The molecule has 2 fully saturated rings. The Morgan fingerprint density at radius 2 is 1.60 bits per heavy atom. The van der Waals surface area contributed by atoms with Crippen molar-refractivity contribution in [2.24, 2.45) is 23.7 Å². The molecule has 0 radical (unpaired) electrons. The molecule has 160 valence electrons. The summed E-state index contributed by atoms with van der Waals surface area (Å²) in [5.74, 6) is 1.55. The van der Waals surface area contributed by atoms with Gasteiger partial charge in [0.25, 0.3) is 5.91 Å². The van der Waals surface area contributed by atoms with Crippen LogP contribution in [-0.4, -0.2) is 35.5 Å². The number of rotatable bonds is 9. The zero-order valence-corrected chi connectivity index (χ0v) is 18.1. The molecular formula is C26H34N2O2. The van der Waals surface area contributed by atoms with Crippen LogP contribution in [0.2, 0.25) is 0 Å². The van der Waals surface area contributed by atoms with E-state index in [1.807, 2.05) is 44.2 Å². The Balaban J connectivity index is 1.33. The van der Waals surface area contributed by atoms with E-state index in [2.05, 4.69) is 40.5 Å². The van der Waals surface area contributed by atoms with Gasteiger partial charge in [-0.15, -0.1) is 0 Å². The van der Waals surface area contributed by atoms with Gasteiger partial charge in [-0.2, -0.15) is 0 Å². The van der Waals surface area contributed by atoms with Crippen LogP contribution >= 0.6 is 0 Å². The molecule has 1 heterocycles. The van der Waals surface area contributed by atoms with E-state index in [1.54, 1.807) is 0 Å². The van der Waals surface area contributed by atoms with Crippen LogP contribution in [0.5, 0.6) is 0 Å². The number of hydrogen-bond acceptors (Lipinski definition) is 3. The Bertz CT molecular complexity index is 825. The highest BCUT2D eigenvalue weighted by atomic mass is 16.3. The first-order valence-electron chi connectivity index (χ1n) is 11.4. The van der Waals surface area contributed by atoms with Crippen LogP contribution in [0.3, 0.4) is 0 Å². The first-order chi connectivity index (χ1) is 14.6. The van der Waals surface area contributed by atoms with Crippen molar-refractivity contribution in [3.05, 3.63) is 71.8 Å². The lowest BCUT2D eigenvalue weighted by molar-refractivity contribution is -0.148. The van der Waals surface area contributed by atoms with E-state index in [0.29, 0.717) is 29.9 Å². The number of likely N-dealkylation sites (tertiary alicyclic amines) is 1. The van der Waals surface area contributed by atoms with Gasteiger partial charge in [0.2, 0.25) is 0 Å². The fourth-order valence-corrected chi connectivity index (χ4v) is 5.48. The molecule has 2 aromatic carbocycles. The van der Waals surface area contributed by atoms with Gasteiger partial charge in [0.05, 0.1) is 0 Å². The van der Waals surface area contributed by atoms with Gasteiger partial charge in [0.1, 0.15) is 0 Å². The zero-order valence-electron chi connectivity index (χ0n) is 18.1. The van der Waals surface area contributed by atoms with E-state index in [1.165, 1.54) is 5.56 Å². The van der Waals surface area contributed by atoms with E-state index in [0.717, 1.165) is 32.5 Å². The molecule has 2 aromatic rings. The zero-order chi connectivity index (χ0) is 21.1. The summed E-state index contributed by atoms with van der Waals surface area (Å²) in [7, 11) is 0. The van der Waals surface area contributed by atoms with Crippen molar-refractivity contribution >= 4 is 5.91 Å². The van der Waals surface area contributed by atoms with Gasteiger partial charge in [-0.25, -0.2) is 0 Å². The number of amides is 1. The number of nitrogens with zero attached hydrogens (tertiary/aromatic N) is 1. The average molecular weight is 407 g/mol. The van der Waals surface area contributed by atoms with Crippen molar-refractivity contribution in [3.8, 4) is 0 Å². The number of aliphatic hydroxyl groups is 1. The molecule has 1 saturated heterocycles. The molecule has 4 rings (SSSR count). The molecule has 2 aliphatic rings. The Hall–Kier alpha value is -2.17. The summed E-state index contributed by atoms with van der Waals surface area (Å²) < 4.78 is 0. The van der Waals surface area contributed by atoms with E-state index in [4.69, 9.17) is 0 Å². The van der Waals surface area contributed by atoms with Crippen LogP contribution in [0, 0.1) is 23.7 Å². The summed E-state index contributed by atoms with van der Waals surface area (Å²) >= 11 is 0. The standard InChI is InChI=1S/C26H34N2O2/c1-3-20(4-2)26(30,21-13-9-6-10-14-21)25(29)27-15-22-23-17-28(18-24(22)23)16-19-11-7-5-8-12-19/h5-14,20,22-24,30H,3-4,15-18H2,1-2H3,(H,27,29)/t22?,23-,24+,26-/m0/s1. The molecule has 4 heteroatoms. The Morgan fingerprint density at radius 3 is 2.17 bits per heavy atom. The van der Waals surface area contributed by atoms with Crippen LogP contribution in [0.25, 0.3) is 0 Å². The predicted molar refractivity (Wildman–Crippen MR) is 120 cm³/mol. The second-order valence-corrected chi connectivity index (χ2v) is 9.03. The summed E-state index contributed by atoms with van der Waals surface area (Å²) in [6.45, 7) is 7.98. The lowest BCUT2D eigenvalue weighted by Crippen LogP contribution is -2.50. The maximum atomic E-state index is 13.2. The number of carbonyl (C=O) groups excluding carboxylic acids is 1. The third-order valence-electron chi connectivity index (χ3n) is 7.33. The second-order valence-electron chi connectivity index (χ2n) is 9.03. The Morgan fingerprint density at radius 1 is 1.03 bits per heavy atom. The van der Waals surface area contributed by atoms with Crippen LogP contribution < -0.4 is 5.32 Å². The van der Waals surface area contributed by atoms with E-state index in [-0.39, 0.29) is 11.8 Å². The van der Waals surface area contributed by atoms with Crippen LogP contribution in [-0.2, 0) is 16.9 Å². The van der Waals surface area contributed by atoms with Crippen molar-refractivity contribution in [2.45, 2.75) is 38.8 Å². The summed E-state index contributed by atoms with van der Waals surface area (Å²) in [6, 6.07) is 20.1. The van der Waals surface area contributed by atoms with Gasteiger partial charge in [0, 0.05) is 32.1 Å². The summed E-state index contributed by atoms with van der Waals surface area (Å²) in [5.41, 5.74) is 0.594. The molecule has 4 atom stereocenters. The minimum atomic E-state index is -1.46. The highest BCUT2D eigenvalue weighted by Crippen LogP contribution is 2.51. The summed E-state index contributed by atoms with van der Waals surface area (Å²) in [5, 5.41) is 14.7. The van der Waals surface area contributed by atoms with Crippen LogP contribution in [0.4, 0.5) is 0 Å². The van der Waals surface area contributed by atoms with Crippen molar-refractivity contribution in [1.29, 1.82) is 0 Å². The number of benzene rings is 2. The van der Waals surface area contributed by atoms with Crippen molar-refractivity contribution in [2.75, 3.05) is 19.6 Å². The van der Waals surface area contributed by atoms with Gasteiger partial charge in [-0.1, -0.05) is 74.5 Å². The van der Waals surface area contributed by atoms with Gasteiger partial charge in [-0.05, 0) is 41.7 Å². The van der Waals surface area contributed by atoms with Gasteiger partial charge >= 0.3 is 0 Å². The molecule has 0 spiro atoms. The number of hydrogen-bond donors (Lipinski definition) is 2. The largest absolute Gasteiger partial charge is 0.375 e. The van der Waals surface area contributed by atoms with E-state index in [9.17, 15) is 9.90 Å². The van der Waals surface area contributed by atoms with Crippen molar-refractivity contribution in [3.63, 3.8) is 0 Å². The molecule has 0 bridgehead atoms. The number of nitrogens with one attached hydrogen (secondary N) is 1. The monoisotopic (exact) mass is 406 g/mol. The van der Waals surface area contributed by atoms with E-state index < -0.39 is 5.60 Å². The lowest BCUT2D eigenvalue weighted by Gasteiger charge is -2.34. The SMILES string of the molecule is CCC(CC)[C@@](O)(C(=O)NCC1[C@H]2CN(Cc3ccccc3)C[C@@H]12)c1ccccc1. The number of fused-ring (bicyclic) bond motifs is 1. The molecule has 1 aliphatic heterocycles. The predicted octanol–water partition coefficient (Wildman–Crippen LogP) is 3.80. The third kappa shape index (κ3) is 4.03. The lowest BCUT2D eigenvalue weighted by atomic mass is 9.77. The highest BCUT2D eigenvalue weighted by Gasteiger charge is 2.55. The van der Waals surface area contributed by atoms with Crippen molar-refractivity contribution < 1.29 is 9.90 Å². The van der Waals surface area contributed by atoms with Gasteiger partial charge in [0.15, 0.2) is 5.60 Å². The molecule has 2 N–H and O–H groups in total. The molecule has 0 aromatic heterocycles. The molecule has 4 nitrogen and oxygen atoms in total. The number of carbonyl (C=O) groups is 1. The fourth-order valence-electron chi connectivity index (χ4n) is 5.48. The van der Waals surface area contributed by atoms with Crippen LogP contribution in [0.15, 0.2) is 60.7 Å². The minimum Gasteiger partial charge on any atom is -0.375 e. The molecule has 1 amide bonds. The Labute approximate surface area is 180 Å². The summed E-state index contributed by atoms with van der Waals surface area (Å²) in [6.07, 6.45) is 1.52. The van der Waals surface area contributed by atoms with Gasteiger partial charge < -0.3 is 10.4 Å². The second kappa shape index (κ2) is 8.91. The highest BCUT2D eigenvalue weighted by molar-refractivity contribution is 5.86. The maximum Gasteiger partial charge on any atom is 0.256 e. The smallest absolute Gasteiger partial charge is 0.256 e. The minimum absolute atomic E-state index is 0.0973.